The Morgan fingerprint density at radius 2 is 1.93 bits per heavy atom. The molecule has 0 aliphatic heterocycles. The summed E-state index contributed by atoms with van der Waals surface area (Å²) in [6, 6.07) is 11.8. The van der Waals surface area contributed by atoms with Crippen molar-refractivity contribution in [1.82, 2.24) is 4.57 Å². The van der Waals surface area contributed by atoms with Gasteiger partial charge in [0.15, 0.2) is 5.69 Å². The minimum absolute atomic E-state index is 0.0955. The summed E-state index contributed by atoms with van der Waals surface area (Å²) in [6.07, 6.45) is 3.30. The summed E-state index contributed by atoms with van der Waals surface area (Å²) in [5, 5.41) is 14.4. The lowest BCUT2D eigenvalue weighted by Gasteiger charge is -2.14. The number of nitroso groups, excluding NO2 is 1. The van der Waals surface area contributed by atoms with Gasteiger partial charge in [0.05, 0.1) is 18.7 Å². The monoisotopic (exact) mass is 366 g/mol. The minimum atomic E-state index is -0.102. The van der Waals surface area contributed by atoms with Gasteiger partial charge in [0.2, 0.25) is 5.88 Å². The number of hydrogen-bond donors (Lipinski definition) is 1. The Bertz CT molecular complexity index is 960. The Balaban J connectivity index is 2.01. The molecule has 0 radical (unpaired) electrons. The predicted octanol–water partition coefficient (Wildman–Crippen LogP) is 5.98. The van der Waals surface area contributed by atoms with Gasteiger partial charge < -0.3 is 14.4 Å². The van der Waals surface area contributed by atoms with Crippen molar-refractivity contribution in [1.29, 1.82) is 0 Å². The number of aromatic hydroxyl groups is 1. The fourth-order valence-electron chi connectivity index (χ4n) is 3.58. The average molecular weight is 366 g/mol. The topological polar surface area (TPSA) is 63.8 Å². The molecule has 142 valence electrons. The normalized spacial score (nSPS) is 11.1. The van der Waals surface area contributed by atoms with Crippen molar-refractivity contribution in [3.05, 3.63) is 58.0 Å². The molecule has 1 heterocycles. The SMILES string of the molecule is CCCCCOc1ccccc1Cn1c(O)c(N=O)c2cc(C)cc(C)c21. The maximum Gasteiger partial charge on any atom is 0.222 e. The smallest absolute Gasteiger partial charge is 0.222 e. The predicted molar refractivity (Wildman–Crippen MR) is 109 cm³/mol. The van der Waals surface area contributed by atoms with Crippen LogP contribution in [0.15, 0.2) is 41.6 Å². The molecule has 0 spiro atoms. The Morgan fingerprint density at radius 1 is 1.15 bits per heavy atom. The van der Waals surface area contributed by atoms with Gasteiger partial charge in [0.25, 0.3) is 0 Å². The van der Waals surface area contributed by atoms with Crippen LogP contribution < -0.4 is 4.74 Å². The van der Waals surface area contributed by atoms with Crippen molar-refractivity contribution in [2.24, 2.45) is 5.18 Å². The molecule has 0 saturated heterocycles. The van der Waals surface area contributed by atoms with Crippen molar-refractivity contribution in [3.8, 4) is 11.6 Å². The zero-order chi connectivity index (χ0) is 19.4. The van der Waals surface area contributed by atoms with E-state index in [2.05, 4.69) is 12.1 Å². The number of fused-ring (bicyclic) bond motifs is 1. The molecule has 2 aromatic carbocycles. The highest BCUT2D eigenvalue weighted by Gasteiger charge is 2.20. The number of aromatic nitrogens is 1. The van der Waals surface area contributed by atoms with Crippen molar-refractivity contribution in [2.75, 3.05) is 6.61 Å². The van der Waals surface area contributed by atoms with Crippen LogP contribution >= 0.6 is 0 Å². The van der Waals surface area contributed by atoms with Gasteiger partial charge >= 0.3 is 0 Å². The molecule has 1 N–H and O–H groups in total. The molecular weight excluding hydrogens is 340 g/mol. The second-order valence-electron chi connectivity index (χ2n) is 6.99. The molecule has 5 heteroatoms. The van der Waals surface area contributed by atoms with E-state index in [1.54, 1.807) is 4.57 Å². The zero-order valence-electron chi connectivity index (χ0n) is 16.2. The highest BCUT2D eigenvalue weighted by Crippen LogP contribution is 2.41. The van der Waals surface area contributed by atoms with Crippen molar-refractivity contribution in [3.63, 3.8) is 0 Å². The molecule has 1 aromatic heterocycles. The van der Waals surface area contributed by atoms with Crippen molar-refractivity contribution < 1.29 is 9.84 Å². The van der Waals surface area contributed by atoms with Crippen molar-refractivity contribution >= 4 is 16.6 Å². The van der Waals surface area contributed by atoms with Gasteiger partial charge in [-0.25, -0.2) is 0 Å². The fraction of sp³-hybridized carbons (Fsp3) is 0.364. The molecule has 0 aliphatic carbocycles. The average Bonchev–Trinajstić information content (AvgIpc) is 2.91. The summed E-state index contributed by atoms with van der Waals surface area (Å²) in [4.78, 5) is 11.4. The van der Waals surface area contributed by atoms with E-state index in [1.807, 2.05) is 50.2 Å². The van der Waals surface area contributed by atoms with Crippen LogP contribution in [0.1, 0.15) is 42.9 Å². The van der Waals surface area contributed by atoms with E-state index in [9.17, 15) is 10.0 Å². The van der Waals surface area contributed by atoms with E-state index in [-0.39, 0.29) is 11.6 Å². The van der Waals surface area contributed by atoms with Gasteiger partial charge in [-0.3, -0.25) is 0 Å². The maximum absolute atomic E-state index is 11.4. The molecule has 0 unspecified atom stereocenters. The van der Waals surface area contributed by atoms with Crippen LogP contribution in [0, 0.1) is 18.8 Å². The molecule has 27 heavy (non-hydrogen) atoms. The number of ether oxygens (including phenoxy) is 1. The largest absolute Gasteiger partial charge is 0.493 e. The minimum Gasteiger partial charge on any atom is -0.493 e. The standard InChI is InChI=1S/C22H26N2O3/c1-4-5-8-11-27-19-10-7-6-9-17(19)14-24-21-16(3)12-15(2)13-18(21)20(23-26)22(24)25/h6-7,9-10,12-13,25H,4-5,8,11,14H2,1-3H3. The molecule has 0 saturated carbocycles. The van der Waals surface area contributed by atoms with E-state index in [1.165, 1.54) is 0 Å². The fourth-order valence-corrected chi connectivity index (χ4v) is 3.58. The second-order valence-corrected chi connectivity index (χ2v) is 6.99. The number of nitrogens with zero attached hydrogens (tertiary/aromatic N) is 2. The van der Waals surface area contributed by atoms with Crippen LogP contribution in [-0.4, -0.2) is 16.3 Å². The molecular formula is C22H26N2O3. The first-order chi connectivity index (χ1) is 13.1. The van der Waals surface area contributed by atoms with Crippen LogP contribution in [0.2, 0.25) is 0 Å². The van der Waals surface area contributed by atoms with E-state index < -0.39 is 0 Å². The summed E-state index contributed by atoms with van der Waals surface area (Å²) >= 11 is 0. The summed E-state index contributed by atoms with van der Waals surface area (Å²) in [7, 11) is 0. The lowest BCUT2D eigenvalue weighted by atomic mass is 10.1. The third-order valence-corrected chi connectivity index (χ3v) is 4.84. The molecule has 0 amide bonds. The van der Waals surface area contributed by atoms with Crippen LogP contribution in [0.3, 0.4) is 0 Å². The Hall–Kier alpha value is -2.82. The number of rotatable bonds is 8. The van der Waals surface area contributed by atoms with Crippen LogP contribution in [0.5, 0.6) is 11.6 Å². The molecule has 0 fully saturated rings. The van der Waals surface area contributed by atoms with Crippen LogP contribution in [0.25, 0.3) is 10.9 Å². The van der Waals surface area contributed by atoms with Gasteiger partial charge in [-0.1, -0.05) is 49.6 Å². The highest BCUT2D eigenvalue weighted by molar-refractivity contribution is 5.97. The number of para-hydroxylation sites is 1. The summed E-state index contributed by atoms with van der Waals surface area (Å²) in [5.41, 5.74) is 3.91. The van der Waals surface area contributed by atoms with E-state index >= 15 is 0 Å². The Kier molecular flexibility index (Phi) is 5.79. The second kappa shape index (κ2) is 8.25. The van der Waals surface area contributed by atoms with E-state index in [4.69, 9.17) is 4.74 Å². The number of hydrogen-bond acceptors (Lipinski definition) is 4. The first kappa shape index (κ1) is 19.0. The highest BCUT2D eigenvalue weighted by atomic mass is 16.5. The Labute approximate surface area is 159 Å². The lowest BCUT2D eigenvalue weighted by molar-refractivity contribution is 0.302. The molecule has 0 bridgehead atoms. The molecule has 0 atom stereocenters. The third kappa shape index (κ3) is 3.82. The van der Waals surface area contributed by atoms with Gasteiger partial charge in [-0.2, -0.15) is 0 Å². The number of aryl methyl sites for hydroxylation is 2. The van der Waals surface area contributed by atoms with E-state index in [0.29, 0.717) is 18.5 Å². The summed E-state index contributed by atoms with van der Waals surface area (Å²) in [6.45, 7) is 7.19. The van der Waals surface area contributed by atoms with Crippen molar-refractivity contribution in [2.45, 2.75) is 46.6 Å². The van der Waals surface area contributed by atoms with Gasteiger partial charge in [-0.05, 0) is 43.1 Å². The molecule has 3 rings (SSSR count). The van der Waals surface area contributed by atoms with E-state index in [0.717, 1.165) is 47.2 Å². The third-order valence-electron chi connectivity index (χ3n) is 4.84. The van der Waals surface area contributed by atoms with Crippen LogP contribution in [0.4, 0.5) is 5.69 Å². The quantitative estimate of drug-likeness (QED) is 0.394. The Morgan fingerprint density at radius 3 is 2.67 bits per heavy atom. The first-order valence-electron chi connectivity index (χ1n) is 9.43. The van der Waals surface area contributed by atoms with Crippen LogP contribution in [-0.2, 0) is 6.54 Å². The molecule has 3 aromatic rings. The maximum atomic E-state index is 11.4. The summed E-state index contributed by atoms with van der Waals surface area (Å²) in [5.74, 6) is 0.703. The van der Waals surface area contributed by atoms with Gasteiger partial charge in [0.1, 0.15) is 5.75 Å². The first-order valence-corrected chi connectivity index (χ1v) is 9.43. The van der Waals surface area contributed by atoms with Gasteiger partial charge in [0, 0.05) is 10.9 Å². The summed E-state index contributed by atoms with van der Waals surface area (Å²) < 4.78 is 7.71. The molecule has 5 nitrogen and oxygen atoms in total. The number of benzene rings is 2. The molecule has 0 aliphatic rings. The number of unbranched alkanes of at least 4 members (excludes halogenated alkanes) is 2. The van der Waals surface area contributed by atoms with Gasteiger partial charge in [-0.15, -0.1) is 4.91 Å². The lowest BCUT2D eigenvalue weighted by Crippen LogP contribution is -2.05. The zero-order valence-corrected chi connectivity index (χ0v) is 16.2.